The zero-order valence-corrected chi connectivity index (χ0v) is 12.1. The molecule has 1 aliphatic rings. The molecule has 3 nitrogen and oxygen atoms in total. The normalized spacial score (nSPS) is 24.4. The molecule has 1 aliphatic heterocycles. The van der Waals surface area contributed by atoms with Crippen LogP contribution in [0.4, 0.5) is 5.69 Å². The summed E-state index contributed by atoms with van der Waals surface area (Å²) in [6, 6.07) is 7.84. The van der Waals surface area contributed by atoms with Crippen LogP contribution in [0, 0.1) is 3.57 Å². The van der Waals surface area contributed by atoms with Gasteiger partial charge in [-0.3, -0.25) is 4.79 Å². The molecule has 1 unspecified atom stereocenters. The van der Waals surface area contributed by atoms with Gasteiger partial charge in [0.2, 0.25) is 5.91 Å². The maximum atomic E-state index is 12.3. The van der Waals surface area contributed by atoms with E-state index in [-0.39, 0.29) is 5.91 Å². The fourth-order valence-corrected chi connectivity index (χ4v) is 2.60. The summed E-state index contributed by atoms with van der Waals surface area (Å²) < 4.78 is 1.07. The second kappa shape index (κ2) is 5.35. The maximum absolute atomic E-state index is 12.3. The molecule has 1 atom stereocenters. The Morgan fingerprint density at radius 2 is 2.18 bits per heavy atom. The first kappa shape index (κ1) is 12.8. The summed E-state index contributed by atoms with van der Waals surface area (Å²) in [4.78, 5) is 12.3. The van der Waals surface area contributed by atoms with Gasteiger partial charge in [0.05, 0.1) is 11.2 Å². The monoisotopic (exact) mass is 344 g/mol. The number of carbonyl (C=O) groups excluding carboxylic acids is 1. The van der Waals surface area contributed by atoms with Gasteiger partial charge in [0.1, 0.15) is 0 Å². The first-order valence-corrected chi connectivity index (χ1v) is 7.01. The third kappa shape index (κ3) is 2.98. The highest BCUT2D eigenvalue weighted by Crippen LogP contribution is 2.23. The minimum Gasteiger partial charge on any atom is -0.324 e. The number of piperidine rings is 1. The fraction of sp³-hybridized carbons (Fsp3) is 0.462. The van der Waals surface area contributed by atoms with Crippen molar-refractivity contribution < 1.29 is 4.79 Å². The van der Waals surface area contributed by atoms with E-state index in [1.165, 1.54) is 0 Å². The molecule has 1 amide bonds. The Morgan fingerprint density at radius 1 is 1.41 bits per heavy atom. The number of halogens is 1. The van der Waals surface area contributed by atoms with Crippen molar-refractivity contribution in [2.45, 2.75) is 31.7 Å². The summed E-state index contributed by atoms with van der Waals surface area (Å²) in [5, 5.41) is 6.33. The van der Waals surface area contributed by atoms with Crippen LogP contribution < -0.4 is 10.6 Å². The van der Waals surface area contributed by atoms with E-state index in [1.807, 2.05) is 31.2 Å². The van der Waals surface area contributed by atoms with E-state index in [9.17, 15) is 4.79 Å². The van der Waals surface area contributed by atoms with Crippen LogP contribution in [-0.4, -0.2) is 18.0 Å². The molecule has 17 heavy (non-hydrogen) atoms. The zero-order chi connectivity index (χ0) is 12.3. The molecule has 2 rings (SSSR count). The van der Waals surface area contributed by atoms with Crippen molar-refractivity contribution in [3.8, 4) is 0 Å². The topological polar surface area (TPSA) is 41.1 Å². The molecule has 1 heterocycles. The number of para-hydroxylation sites is 1. The van der Waals surface area contributed by atoms with Gasteiger partial charge in [-0.25, -0.2) is 0 Å². The molecule has 4 heteroatoms. The van der Waals surface area contributed by atoms with Crippen molar-refractivity contribution in [2.24, 2.45) is 0 Å². The molecule has 2 N–H and O–H groups in total. The summed E-state index contributed by atoms with van der Waals surface area (Å²) in [5.41, 5.74) is 0.476. The van der Waals surface area contributed by atoms with Crippen LogP contribution >= 0.6 is 22.6 Å². The Bertz CT molecular complexity index is 414. The lowest BCUT2D eigenvalue weighted by Crippen LogP contribution is -2.54. The Balaban J connectivity index is 2.08. The first-order valence-electron chi connectivity index (χ1n) is 5.93. The molecule has 1 fully saturated rings. The summed E-state index contributed by atoms with van der Waals surface area (Å²) in [5.74, 6) is 0.0707. The fourth-order valence-electron chi connectivity index (χ4n) is 2.07. The van der Waals surface area contributed by atoms with Crippen LogP contribution in [0.5, 0.6) is 0 Å². The van der Waals surface area contributed by atoms with Crippen LogP contribution in [0.2, 0.25) is 0 Å². The number of benzene rings is 1. The van der Waals surface area contributed by atoms with Crippen molar-refractivity contribution in [3.05, 3.63) is 27.8 Å². The lowest BCUT2D eigenvalue weighted by molar-refractivity contribution is -0.122. The van der Waals surface area contributed by atoms with Crippen molar-refractivity contribution in [1.82, 2.24) is 5.32 Å². The molecule has 1 saturated heterocycles. The van der Waals surface area contributed by atoms with Gasteiger partial charge in [-0.2, -0.15) is 0 Å². The minimum atomic E-state index is -0.419. The number of anilines is 1. The largest absolute Gasteiger partial charge is 0.324 e. The molecule has 0 aliphatic carbocycles. The highest BCUT2D eigenvalue weighted by molar-refractivity contribution is 14.1. The number of hydrogen-bond acceptors (Lipinski definition) is 2. The van der Waals surface area contributed by atoms with Crippen molar-refractivity contribution in [3.63, 3.8) is 0 Å². The Labute approximate surface area is 116 Å². The number of amides is 1. The van der Waals surface area contributed by atoms with E-state index < -0.39 is 5.54 Å². The van der Waals surface area contributed by atoms with Gasteiger partial charge in [0, 0.05) is 3.57 Å². The van der Waals surface area contributed by atoms with E-state index in [0.29, 0.717) is 0 Å². The lowest BCUT2D eigenvalue weighted by Gasteiger charge is -2.33. The van der Waals surface area contributed by atoms with Gasteiger partial charge in [0.15, 0.2) is 0 Å². The van der Waals surface area contributed by atoms with Crippen LogP contribution in [-0.2, 0) is 4.79 Å². The van der Waals surface area contributed by atoms with Crippen LogP contribution in [0.3, 0.4) is 0 Å². The molecule has 0 radical (unpaired) electrons. The quantitative estimate of drug-likeness (QED) is 0.810. The number of carbonyl (C=O) groups is 1. The molecular weight excluding hydrogens is 327 g/mol. The molecule has 0 bridgehead atoms. The Hall–Kier alpha value is -0.620. The first-order chi connectivity index (χ1) is 8.12. The average molecular weight is 344 g/mol. The molecule has 0 spiro atoms. The predicted molar refractivity (Wildman–Crippen MR) is 78.0 cm³/mol. The molecule has 1 aromatic carbocycles. The number of rotatable bonds is 2. The van der Waals surface area contributed by atoms with Crippen LogP contribution in [0.25, 0.3) is 0 Å². The SMILES string of the molecule is CC1(C(=O)Nc2ccccc2I)CCCCN1. The molecule has 0 aromatic heterocycles. The van der Waals surface area contributed by atoms with Gasteiger partial charge >= 0.3 is 0 Å². The zero-order valence-electron chi connectivity index (χ0n) is 9.92. The lowest BCUT2D eigenvalue weighted by atomic mass is 9.90. The maximum Gasteiger partial charge on any atom is 0.244 e. The smallest absolute Gasteiger partial charge is 0.244 e. The van der Waals surface area contributed by atoms with Gasteiger partial charge in [-0.05, 0) is 67.5 Å². The van der Waals surface area contributed by atoms with Crippen LogP contribution in [0.15, 0.2) is 24.3 Å². The second-order valence-corrected chi connectivity index (χ2v) is 5.81. The van der Waals surface area contributed by atoms with Crippen molar-refractivity contribution >= 4 is 34.2 Å². The van der Waals surface area contributed by atoms with Gasteiger partial charge in [-0.15, -0.1) is 0 Å². The average Bonchev–Trinajstić information content (AvgIpc) is 2.33. The molecular formula is C13H17IN2O. The van der Waals surface area contributed by atoms with Crippen molar-refractivity contribution in [2.75, 3.05) is 11.9 Å². The number of hydrogen-bond donors (Lipinski definition) is 2. The Morgan fingerprint density at radius 3 is 2.82 bits per heavy atom. The highest BCUT2D eigenvalue weighted by Gasteiger charge is 2.34. The Kier molecular flexibility index (Phi) is 4.04. The second-order valence-electron chi connectivity index (χ2n) is 4.65. The molecule has 0 saturated carbocycles. The van der Waals surface area contributed by atoms with E-state index in [1.54, 1.807) is 0 Å². The summed E-state index contributed by atoms with van der Waals surface area (Å²) in [6.07, 6.45) is 3.18. The van der Waals surface area contributed by atoms with Crippen molar-refractivity contribution in [1.29, 1.82) is 0 Å². The third-order valence-corrected chi connectivity index (χ3v) is 4.18. The number of nitrogens with one attached hydrogen (secondary N) is 2. The van der Waals surface area contributed by atoms with Gasteiger partial charge in [-0.1, -0.05) is 12.1 Å². The van der Waals surface area contributed by atoms with Gasteiger partial charge in [0.25, 0.3) is 0 Å². The van der Waals surface area contributed by atoms with E-state index in [2.05, 4.69) is 33.2 Å². The summed E-state index contributed by atoms with van der Waals surface area (Å²) >= 11 is 2.23. The highest BCUT2D eigenvalue weighted by atomic mass is 127. The van der Waals surface area contributed by atoms with E-state index >= 15 is 0 Å². The van der Waals surface area contributed by atoms with E-state index in [0.717, 1.165) is 35.1 Å². The third-order valence-electron chi connectivity index (χ3n) is 3.24. The summed E-state index contributed by atoms with van der Waals surface area (Å²) in [7, 11) is 0. The predicted octanol–water partition coefficient (Wildman–Crippen LogP) is 2.76. The van der Waals surface area contributed by atoms with E-state index in [4.69, 9.17) is 0 Å². The minimum absolute atomic E-state index is 0.0707. The molecule has 1 aromatic rings. The van der Waals surface area contributed by atoms with Crippen LogP contribution in [0.1, 0.15) is 26.2 Å². The standard InChI is InChI=1S/C13H17IN2O/c1-13(8-4-5-9-15-13)12(17)16-11-7-3-2-6-10(11)14/h2-3,6-7,15H,4-5,8-9H2,1H3,(H,16,17). The van der Waals surface area contributed by atoms with Gasteiger partial charge < -0.3 is 10.6 Å². The molecule has 92 valence electrons. The summed E-state index contributed by atoms with van der Waals surface area (Å²) in [6.45, 7) is 2.91.